The van der Waals surface area contributed by atoms with Crippen LogP contribution < -0.4 is 0 Å². The highest BCUT2D eigenvalue weighted by Crippen LogP contribution is 2.64. The molecule has 3 atom stereocenters. The fourth-order valence-electron chi connectivity index (χ4n) is 8.45. The third-order valence-electron chi connectivity index (χ3n) is 12.2. The fourth-order valence-corrected chi connectivity index (χ4v) is 10.6. The highest BCUT2D eigenvalue weighted by atomic mass is 31.2. The van der Waals surface area contributed by atoms with Crippen molar-refractivity contribution in [2.75, 3.05) is 13.2 Å². The van der Waals surface area contributed by atoms with Gasteiger partial charge in [0.1, 0.15) is 18.2 Å². The van der Waals surface area contributed by atoms with Crippen LogP contribution in [0.5, 0.6) is 0 Å². The Balaban J connectivity index is 0.000000196. The molecule has 0 spiro atoms. The quantitative estimate of drug-likeness (QED) is 0.0802. The van der Waals surface area contributed by atoms with Gasteiger partial charge in [0.15, 0.2) is 0 Å². The summed E-state index contributed by atoms with van der Waals surface area (Å²) in [5, 5.41) is 2.37. The number of carbonyl (C=O) groups excluding carboxylic acids is 2. The van der Waals surface area contributed by atoms with E-state index in [0.29, 0.717) is 13.2 Å². The van der Waals surface area contributed by atoms with Gasteiger partial charge in [-0.25, -0.2) is 0 Å². The molecule has 6 heteroatoms. The first kappa shape index (κ1) is 54.5. The summed E-state index contributed by atoms with van der Waals surface area (Å²) in [7, 11) is -3.38. The lowest BCUT2D eigenvalue weighted by Crippen LogP contribution is -2.14. The molecule has 0 amide bonds. The summed E-state index contributed by atoms with van der Waals surface area (Å²) >= 11 is 0. The lowest BCUT2D eigenvalue weighted by molar-refractivity contribution is -0.109. The second-order valence-electron chi connectivity index (χ2n) is 18.7. The van der Waals surface area contributed by atoms with Crippen molar-refractivity contribution in [1.29, 1.82) is 0 Å². The van der Waals surface area contributed by atoms with Crippen LogP contribution in [-0.4, -0.2) is 25.8 Å². The first-order valence-electron chi connectivity index (χ1n) is 23.9. The zero-order chi connectivity index (χ0) is 49.6. The molecule has 0 aliphatic heterocycles. The Labute approximate surface area is 418 Å². The highest BCUT2D eigenvalue weighted by molar-refractivity contribution is 7.54. The van der Waals surface area contributed by atoms with E-state index in [1.807, 2.05) is 142 Å². The SMILES string of the molecule is C.CCOP(=O)(OCC)C(c1ccc(C)cc1)c1cc(C)cc(C(C)(C)C)c1.Cc1ccc(C(C=O)c2ccc3ccccc3c2)cc1.Cc1ccc(C(C=O)c2cccc(-c3ccccc3)c2)cc1. The van der Waals surface area contributed by atoms with Crippen molar-refractivity contribution in [1.82, 2.24) is 0 Å². The summed E-state index contributed by atoms with van der Waals surface area (Å²) in [5.41, 5.74) is 13.9. The Morgan fingerprint density at radius 1 is 0.443 bits per heavy atom. The minimum Gasteiger partial charge on any atom is -0.308 e. The molecule has 0 aromatic heterocycles. The predicted octanol–water partition coefficient (Wildman–Crippen LogP) is 17.1. The van der Waals surface area contributed by atoms with Crippen molar-refractivity contribution in [3.8, 4) is 11.1 Å². The number of benzene rings is 8. The number of rotatable bonds is 14. The summed E-state index contributed by atoms with van der Waals surface area (Å²) < 4.78 is 25.4. The van der Waals surface area contributed by atoms with E-state index >= 15 is 0 Å². The second-order valence-corrected chi connectivity index (χ2v) is 20.8. The van der Waals surface area contributed by atoms with Crippen LogP contribution in [0.4, 0.5) is 0 Å². The van der Waals surface area contributed by atoms with Gasteiger partial charge >= 0.3 is 7.60 Å². The minimum absolute atomic E-state index is 0. The van der Waals surface area contributed by atoms with Crippen LogP contribution in [-0.2, 0) is 28.6 Å². The molecule has 362 valence electrons. The van der Waals surface area contributed by atoms with Crippen LogP contribution in [0.3, 0.4) is 0 Å². The van der Waals surface area contributed by atoms with Crippen molar-refractivity contribution >= 4 is 30.9 Å². The third-order valence-corrected chi connectivity index (χ3v) is 14.7. The van der Waals surface area contributed by atoms with Crippen molar-refractivity contribution in [2.24, 2.45) is 0 Å². The van der Waals surface area contributed by atoms with Gasteiger partial charge in [-0.15, -0.1) is 0 Å². The molecule has 0 aliphatic rings. The summed E-state index contributed by atoms with van der Waals surface area (Å²) in [5.74, 6) is -0.413. The first-order chi connectivity index (χ1) is 33.2. The van der Waals surface area contributed by atoms with Crippen LogP contribution in [0.1, 0.15) is 121 Å². The molecule has 5 nitrogen and oxygen atoms in total. The average Bonchev–Trinajstić information content (AvgIpc) is 3.34. The zero-order valence-electron chi connectivity index (χ0n) is 41.7. The highest BCUT2D eigenvalue weighted by Gasteiger charge is 2.39. The Kier molecular flexibility index (Phi) is 19.8. The maximum Gasteiger partial charge on any atom is 0.342 e. The molecule has 0 fully saturated rings. The minimum atomic E-state index is -3.38. The Morgan fingerprint density at radius 2 is 0.900 bits per heavy atom. The first-order valence-corrected chi connectivity index (χ1v) is 25.5. The number of hydrogen-bond donors (Lipinski definition) is 0. The van der Waals surface area contributed by atoms with Crippen LogP contribution >= 0.6 is 7.60 Å². The van der Waals surface area contributed by atoms with Crippen LogP contribution in [0.2, 0.25) is 0 Å². The van der Waals surface area contributed by atoms with Gasteiger partial charge in [-0.1, -0.05) is 239 Å². The molecular weight excluding hydrogens is 880 g/mol. The van der Waals surface area contributed by atoms with Crippen molar-refractivity contribution in [3.63, 3.8) is 0 Å². The topological polar surface area (TPSA) is 69.7 Å². The molecule has 0 N–H and O–H groups in total. The van der Waals surface area contributed by atoms with Crippen molar-refractivity contribution in [3.05, 3.63) is 249 Å². The Bertz CT molecular complexity index is 2940. The molecule has 3 unspecified atom stereocenters. The van der Waals surface area contributed by atoms with E-state index in [1.165, 1.54) is 33.0 Å². The molecule has 0 saturated heterocycles. The van der Waals surface area contributed by atoms with Crippen molar-refractivity contribution < 1.29 is 23.2 Å². The largest absolute Gasteiger partial charge is 0.342 e. The van der Waals surface area contributed by atoms with Gasteiger partial charge < -0.3 is 18.6 Å². The Hall–Kier alpha value is -6.49. The van der Waals surface area contributed by atoms with E-state index in [-0.39, 0.29) is 24.7 Å². The number of carbonyl (C=O) groups is 2. The molecule has 0 radical (unpaired) electrons. The summed E-state index contributed by atoms with van der Waals surface area (Å²) in [6.45, 7) is 19.2. The zero-order valence-corrected chi connectivity index (χ0v) is 42.6. The van der Waals surface area contributed by atoms with Gasteiger partial charge in [-0.3, -0.25) is 4.57 Å². The second kappa shape index (κ2) is 25.4. The van der Waals surface area contributed by atoms with Gasteiger partial charge in [0.2, 0.25) is 0 Å². The van der Waals surface area contributed by atoms with Gasteiger partial charge in [0.25, 0.3) is 0 Å². The maximum absolute atomic E-state index is 13.8. The molecule has 0 bridgehead atoms. The molecule has 0 heterocycles. The van der Waals surface area contributed by atoms with Gasteiger partial charge in [-0.2, -0.15) is 0 Å². The monoisotopic (exact) mass is 951 g/mol. The van der Waals surface area contributed by atoms with E-state index in [0.717, 1.165) is 62.6 Å². The standard InChI is InChI=1S/C23H33O3P.C21H18O.C19H16O.CH4/c1-8-25-27(24,26-9-2)22(19-12-10-17(3)11-13-19)20-14-18(4)15-21(16-20)23(5,6)7;1-16-10-12-18(13-11-16)21(15-22)20-9-5-8-19(14-20)17-6-3-2-4-7-17;1-14-6-8-16(9-7-14)19(13-20)18-11-10-15-4-2-3-5-17(15)12-18;/h10-16,22H,8-9H2,1-7H3;2-15,21H,1H3;2-13,19H,1H3;1H4. The predicted molar refractivity (Wildman–Crippen MR) is 294 cm³/mol. The lowest BCUT2D eigenvalue weighted by Gasteiger charge is -2.29. The third kappa shape index (κ3) is 14.3. The van der Waals surface area contributed by atoms with E-state index in [1.54, 1.807) is 0 Å². The normalized spacial score (nSPS) is 12.5. The van der Waals surface area contributed by atoms with Crippen LogP contribution in [0, 0.1) is 27.7 Å². The molecular formula is C64H71O5P. The maximum atomic E-state index is 13.8. The Morgan fingerprint density at radius 3 is 1.40 bits per heavy atom. The molecule has 0 saturated carbocycles. The van der Waals surface area contributed by atoms with Crippen molar-refractivity contribution in [2.45, 2.75) is 92.7 Å². The molecule has 0 aliphatic carbocycles. The molecule has 8 aromatic rings. The van der Waals surface area contributed by atoms with E-state index in [9.17, 15) is 14.2 Å². The van der Waals surface area contributed by atoms with Gasteiger partial charge in [0.05, 0.1) is 25.0 Å². The fraction of sp³-hybridized carbons (Fsp3) is 0.250. The number of aldehydes is 2. The molecule has 8 aromatic carbocycles. The van der Waals surface area contributed by atoms with E-state index in [2.05, 4.69) is 108 Å². The summed E-state index contributed by atoms with van der Waals surface area (Å²) in [6, 6.07) is 63.8. The van der Waals surface area contributed by atoms with Crippen LogP contribution in [0.25, 0.3) is 21.9 Å². The lowest BCUT2D eigenvalue weighted by atomic mass is 9.84. The van der Waals surface area contributed by atoms with Gasteiger partial charge in [-0.05, 0) is 108 Å². The van der Waals surface area contributed by atoms with E-state index < -0.39 is 13.3 Å². The molecule has 70 heavy (non-hydrogen) atoms. The number of hydrogen-bond acceptors (Lipinski definition) is 5. The summed E-state index contributed by atoms with van der Waals surface area (Å²) in [6.07, 6.45) is 2.05. The van der Waals surface area contributed by atoms with E-state index in [4.69, 9.17) is 9.05 Å². The molecule has 8 rings (SSSR count). The number of fused-ring (bicyclic) bond motifs is 1. The van der Waals surface area contributed by atoms with Crippen LogP contribution in [0.15, 0.2) is 188 Å². The summed E-state index contributed by atoms with van der Waals surface area (Å²) in [4.78, 5) is 23.2. The van der Waals surface area contributed by atoms with Gasteiger partial charge in [0, 0.05) is 0 Å². The smallest absolute Gasteiger partial charge is 0.308 e. The number of aryl methyl sites for hydroxylation is 4. The average molecular weight is 951 g/mol.